The van der Waals surface area contributed by atoms with Crippen molar-refractivity contribution in [2.75, 3.05) is 6.54 Å². The summed E-state index contributed by atoms with van der Waals surface area (Å²) in [5, 5.41) is 13.2. The molecule has 2 rings (SSSR count). The van der Waals surface area contributed by atoms with Crippen molar-refractivity contribution in [1.82, 2.24) is 5.32 Å². The second-order valence-electron chi connectivity index (χ2n) is 4.92. The molecule has 0 aromatic heterocycles. The summed E-state index contributed by atoms with van der Waals surface area (Å²) in [5.41, 5.74) is 1.83. The molecule has 0 aliphatic heterocycles. The van der Waals surface area contributed by atoms with E-state index in [2.05, 4.69) is 5.32 Å². The maximum Gasteiger partial charge on any atom is 0.224 e. The van der Waals surface area contributed by atoms with Gasteiger partial charge in [-0.15, -0.1) is 0 Å². The lowest BCUT2D eigenvalue weighted by Gasteiger charge is -2.12. The third-order valence-electron chi connectivity index (χ3n) is 3.16. The van der Waals surface area contributed by atoms with Gasteiger partial charge in [-0.3, -0.25) is 4.79 Å². The van der Waals surface area contributed by atoms with E-state index in [0.717, 1.165) is 11.1 Å². The highest BCUT2D eigenvalue weighted by atomic mass is 35.5. The smallest absolute Gasteiger partial charge is 0.224 e. The minimum atomic E-state index is -0.595. The van der Waals surface area contributed by atoms with Crippen LogP contribution in [0.5, 0.6) is 0 Å². The average Bonchev–Trinajstić information content (AvgIpc) is 2.49. The highest BCUT2D eigenvalue weighted by molar-refractivity contribution is 6.31. The van der Waals surface area contributed by atoms with Gasteiger partial charge in [-0.05, 0) is 17.2 Å². The lowest BCUT2D eigenvalue weighted by Crippen LogP contribution is -2.34. The molecular weight excluding hydrogens is 286 g/mol. The molecule has 0 aliphatic carbocycles. The number of nitrogens with one attached hydrogen (secondary N) is 1. The molecule has 2 aromatic rings. The molecule has 3 nitrogen and oxygen atoms in total. The molecule has 4 heteroatoms. The molecule has 0 bridgehead atoms. The fourth-order valence-corrected chi connectivity index (χ4v) is 2.27. The summed E-state index contributed by atoms with van der Waals surface area (Å²) in [5.74, 6) is -0.143. The van der Waals surface area contributed by atoms with E-state index in [0.29, 0.717) is 11.4 Å². The highest BCUT2D eigenvalue weighted by Gasteiger charge is 2.10. The van der Waals surface area contributed by atoms with E-state index in [1.54, 1.807) is 6.07 Å². The Balaban J connectivity index is 1.77. The Kier molecular flexibility index (Phi) is 5.78. The first-order chi connectivity index (χ1) is 10.1. The van der Waals surface area contributed by atoms with Gasteiger partial charge in [0, 0.05) is 18.0 Å². The average molecular weight is 304 g/mol. The van der Waals surface area contributed by atoms with Crippen molar-refractivity contribution in [2.24, 2.45) is 0 Å². The van der Waals surface area contributed by atoms with Gasteiger partial charge in [-0.1, -0.05) is 60.1 Å². The van der Waals surface area contributed by atoms with E-state index < -0.39 is 6.10 Å². The topological polar surface area (TPSA) is 49.3 Å². The van der Waals surface area contributed by atoms with Crippen LogP contribution in [-0.2, 0) is 17.6 Å². The van der Waals surface area contributed by atoms with Crippen molar-refractivity contribution in [3.63, 3.8) is 0 Å². The number of benzene rings is 2. The molecule has 0 saturated heterocycles. The van der Waals surface area contributed by atoms with Crippen LogP contribution in [0.3, 0.4) is 0 Å². The van der Waals surface area contributed by atoms with E-state index in [4.69, 9.17) is 11.6 Å². The Bertz CT molecular complexity index is 586. The molecule has 0 heterocycles. The van der Waals surface area contributed by atoms with Crippen LogP contribution >= 0.6 is 11.6 Å². The van der Waals surface area contributed by atoms with Crippen molar-refractivity contribution in [1.29, 1.82) is 0 Å². The van der Waals surface area contributed by atoms with Crippen LogP contribution in [0.15, 0.2) is 54.6 Å². The molecule has 0 fully saturated rings. The maximum atomic E-state index is 11.8. The number of hydrogen-bond acceptors (Lipinski definition) is 2. The van der Waals surface area contributed by atoms with E-state index in [1.165, 1.54) is 0 Å². The third-order valence-corrected chi connectivity index (χ3v) is 3.53. The summed E-state index contributed by atoms with van der Waals surface area (Å²) in [6, 6.07) is 16.9. The molecule has 0 unspecified atom stereocenters. The Morgan fingerprint density at radius 1 is 1.10 bits per heavy atom. The van der Waals surface area contributed by atoms with Crippen LogP contribution in [0.4, 0.5) is 0 Å². The largest absolute Gasteiger partial charge is 0.391 e. The van der Waals surface area contributed by atoms with Crippen molar-refractivity contribution in [3.8, 4) is 0 Å². The number of aliphatic hydroxyl groups is 1. The quantitative estimate of drug-likeness (QED) is 0.862. The predicted molar refractivity (Wildman–Crippen MR) is 84.3 cm³/mol. The number of hydrogen-bond donors (Lipinski definition) is 2. The van der Waals surface area contributed by atoms with Gasteiger partial charge in [0.05, 0.1) is 12.5 Å². The molecule has 1 atom stereocenters. The maximum absolute atomic E-state index is 11.8. The molecule has 0 spiro atoms. The second kappa shape index (κ2) is 7.81. The molecule has 2 N–H and O–H groups in total. The first-order valence-electron chi connectivity index (χ1n) is 6.87. The zero-order valence-corrected chi connectivity index (χ0v) is 12.4. The summed E-state index contributed by atoms with van der Waals surface area (Å²) in [4.78, 5) is 11.8. The van der Waals surface area contributed by atoms with Crippen LogP contribution < -0.4 is 5.32 Å². The Hall–Kier alpha value is -1.84. The van der Waals surface area contributed by atoms with Crippen LogP contribution in [0.1, 0.15) is 11.1 Å². The number of carbonyl (C=O) groups excluding carboxylic acids is 1. The summed E-state index contributed by atoms with van der Waals surface area (Å²) >= 11 is 6.01. The normalized spacial score (nSPS) is 11.9. The first-order valence-corrected chi connectivity index (χ1v) is 7.25. The minimum absolute atomic E-state index is 0.143. The summed E-state index contributed by atoms with van der Waals surface area (Å²) in [7, 11) is 0. The molecule has 2 aromatic carbocycles. The van der Waals surface area contributed by atoms with Crippen LogP contribution in [0, 0.1) is 0 Å². The van der Waals surface area contributed by atoms with Gasteiger partial charge < -0.3 is 10.4 Å². The molecule has 1 amide bonds. The van der Waals surface area contributed by atoms with Crippen molar-refractivity contribution in [2.45, 2.75) is 18.9 Å². The lowest BCUT2D eigenvalue weighted by atomic mass is 10.1. The monoisotopic (exact) mass is 303 g/mol. The lowest BCUT2D eigenvalue weighted by molar-refractivity contribution is -0.120. The fraction of sp³-hybridized carbons (Fsp3) is 0.235. The highest BCUT2D eigenvalue weighted by Crippen LogP contribution is 2.15. The van der Waals surface area contributed by atoms with Gasteiger partial charge in [-0.2, -0.15) is 0 Å². The molecule has 21 heavy (non-hydrogen) atoms. The van der Waals surface area contributed by atoms with Crippen molar-refractivity contribution < 1.29 is 9.90 Å². The minimum Gasteiger partial charge on any atom is -0.391 e. The zero-order chi connectivity index (χ0) is 15.1. The zero-order valence-electron chi connectivity index (χ0n) is 11.6. The number of halogens is 1. The van der Waals surface area contributed by atoms with Crippen LogP contribution in [0.2, 0.25) is 5.02 Å². The van der Waals surface area contributed by atoms with E-state index >= 15 is 0 Å². The first kappa shape index (κ1) is 15.5. The summed E-state index contributed by atoms with van der Waals surface area (Å²) in [6.07, 6.45) is 0.146. The van der Waals surface area contributed by atoms with Gasteiger partial charge in [0.25, 0.3) is 0 Å². The van der Waals surface area contributed by atoms with Crippen LogP contribution in [0.25, 0.3) is 0 Å². The standard InChI is InChI=1S/C17H18ClNO2/c18-16-9-5-4-8-14(16)11-17(21)19-12-15(20)10-13-6-2-1-3-7-13/h1-9,15,20H,10-12H2,(H,19,21)/t15-/m1/s1. The summed E-state index contributed by atoms with van der Waals surface area (Å²) in [6.45, 7) is 0.234. The SMILES string of the molecule is O=C(Cc1ccccc1Cl)NC[C@H](O)Cc1ccccc1. The summed E-state index contributed by atoms with van der Waals surface area (Å²) < 4.78 is 0. The van der Waals surface area contributed by atoms with E-state index in [-0.39, 0.29) is 18.9 Å². The van der Waals surface area contributed by atoms with Gasteiger partial charge in [0.2, 0.25) is 5.91 Å². The van der Waals surface area contributed by atoms with Gasteiger partial charge >= 0.3 is 0 Å². The number of carbonyl (C=O) groups is 1. The Labute approximate surface area is 129 Å². The number of amides is 1. The number of aliphatic hydroxyl groups excluding tert-OH is 1. The van der Waals surface area contributed by atoms with Gasteiger partial charge in [0.1, 0.15) is 0 Å². The molecule has 0 radical (unpaired) electrons. The van der Waals surface area contributed by atoms with E-state index in [1.807, 2.05) is 48.5 Å². The van der Waals surface area contributed by atoms with Crippen molar-refractivity contribution >= 4 is 17.5 Å². The Morgan fingerprint density at radius 2 is 1.76 bits per heavy atom. The molecule has 0 aliphatic rings. The number of rotatable bonds is 6. The molecule has 0 saturated carbocycles. The van der Waals surface area contributed by atoms with E-state index in [9.17, 15) is 9.90 Å². The molecule has 110 valence electrons. The Morgan fingerprint density at radius 3 is 2.48 bits per heavy atom. The van der Waals surface area contributed by atoms with Crippen molar-refractivity contribution in [3.05, 3.63) is 70.7 Å². The fourth-order valence-electron chi connectivity index (χ4n) is 2.07. The second-order valence-corrected chi connectivity index (χ2v) is 5.32. The predicted octanol–water partition coefficient (Wildman–Crippen LogP) is 2.60. The van der Waals surface area contributed by atoms with Gasteiger partial charge in [0.15, 0.2) is 0 Å². The van der Waals surface area contributed by atoms with Crippen LogP contribution in [-0.4, -0.2) is 23.7 Å². The van der Waals surface area contributed by atoms with Gasteiger partial charge in [-0.25, -0.2) is 0 Å². The third kappa shape index (κ3) is 5.21. The molecular formula is C17H18ClNO2.